The van der Waals surface area contributed by atoms with Gasteiger partial charge in [-0.1, -0.05) is 0 Å². The standard InChI is InChI=1S/C18H10F3N3O4S/c19-18(20,21)8-6-9(7-1-2-10-11(5-7)28-4-3-27-10)22-16-12(8)13-14(29-16)15(25)24-17(26)23-13/h1-2,5-6H,3-4H2,(H2,23,24,25,26). The lowest BCUT2D eigenvalue weighted by Gasteiger charge is -2.19. The van der Waals surface area contributed by atoms with Crippen LogP contribution in [-0.4, -0.2) is 28.2 Å². The van der Waals surface area contributed by atoms with Crippen LogP contribution >= 0.6 is 11.3 Å². The second-order valence-electron chi connectivity index (χ2n) is 6.31. The van der Waals surface area contributed by atoms with Crippen LogP contribution in [0.3, 0.4) is 0 Å². The van der Waals surface area contributed by atoms with Crippen molar-refractivity contribution in [2.45, 2.75) is 6.18 Å². The summed E-state index contributed by atoms with van der Waals surface area (Å²) in [7, 11) is 0. The Kier molecular flexibility index (Phi) is 3.72. The molecule has 3 aromatic heterocycles. The number of benzene rings is 1. The molecule has 5 rings (SSSR count). The van der Waals surface area contributed by atoms with Crippen molar-refractivity contribution in [3.63, 3.8) is 0 Å². The van der Waals surface area contributed by atoms with Crippen LogP contribution in [0.5, 0.6) is 11.5 Å². The molecule has 0 spiro atoms. The molecule has 0 atom stereocenters. The monoisotopic (exact) mass is 421 g/mol. The Hall–Kier alpha value is -3.34. The first-order valence-corrected chi connectivity index (χ1v) is 9.20. The third-order valence-corrected chi connectivity index (χ3v) is 5.56. The zero-order chi connectivity index (χ0) is 20.3. The van der Waals surface area contributed by atoms with Crippen molar-refractivity contribution in [1.29, 1.82) is 0 Å². The van der Waals surface area contributed by atoms with E-state index in [1.807, 2.05) is 4.98 Å². The van der Waals surface area contributed by atoms with E-state index in [4.69, 9.17) is 9.47 Å². The van der Waals surface area contributed by atoms with Crippen LogP contribution < -0.4 is 20.7 Å². The fourth-order valence-electron chi connectivity index (χ4n) is 3.26. The van der Waals surface area contributed by atoms with Crippen LogP contribution in [0.4, 0.5) is 13.2 Å². The molecule has 0 fully saturated rings. The predicted molar refractivity (Wildman–Crippen MR) is 99.8 cm³/mol. The molecule has 4 aromatic rings. The molecule has 0 saturated heterocycles. The molecule has 1 aromatic carbocycles. The molecule has 0 bridgehead atoms. The van der Waals surface area contributed by atoms with E-state index in [1.165, 1.54) is 0 Å². The van der Waals surface area contributed by atoms with Gasteiger partial charge in [-0.15, -0.1) is 11.3 Å². The molecule has 7 nitrogen and oxygen atoms in total. The van der Waals surface area contributed by atoms with Gasteiger partial charge in [-0.2, -0.15) is 13.2 Å². The number of halogens is 3. The minimum absolute atomic E-state index is 0.00735. The summed E-state index contributed by atoms with van der Waals surface area (Å²) in [5.74, 6) is 0.921. The Bertz CT molecular complexity index is 1400. The summed E-state index contributed by atoms with van der Waals surface area (Å²) in [4.78, 5) is 32.3. The van der Waals surface area contributed by atoms with E-state index < -0.39 is 23.0 Å². The van der Waals surface area contributed by atoms with Crippen LogP contribution in [0.1, 0.15) is 5.56 Å². The summed E-state index contributed by atoms with van der Waals surface area (Å²) in [6, 6.07) is 5.66. The van der Waals surface area contributed by atoms with E-state index in [0.29, 0.717) is 30.3 Å². The van der Waals surface area contributed by atoms with Gasteiger partial charge in [0.1, 0.15) is 22.7 Å². The normalized spacial score (nSPS) is 13.9. The summed E-state index contributed by atoms with van der Waals surface area (Å²) >= 11 is 0.784. The number of alkyl halides is 3. The van der Waals surface area contributed by atoms with Gasteiger partial charge >= 0.3 is 11.9 Å². The number of hydrogen-bond acceptors (Lipinski definition) is 6. The molecule has 29 heavy (non-hydrogen) atoms. The predicted octanol–water partition coefficient (Wildman–Crippen LogP) is 3.28. The smallest absolute Gasteiger partial charge is 0.417 e. The average molecular weight is 421 g/mol. The molecular weight excluding hydrogens is 411 g/mol. The fourth-order valence-corrected chi connectivity index (χ4v) is 4.31. The Labute approximate surface area is 162 Å². The second-order valence-corrected chi connectivity index (χ2v) is 7.30. The summed E-state index contributed by atoms with van der Waals surface area (Å²) in [5, 5.41) is -0.304. The molecule has 2 N–H and O–H groups in total. The maximum Gasteiger partial charge on any atom is 0.417 e. The SMILES string of the molecule is O=c1[nH]c(=O)c2sc3nc(-c4ccc5c(c4)OCCO5)cc(C(F)(F)F)c3c2[nH]1. The molecule has 0 radical (unpaired) electrons. The van der Waals surface area contributed by atoms with Gasteiger partial charge in [0.25, 0.3) is 5.56 Å². The number of nitrogens with zero attached hydrogens (tertiary/aromatic N) is 1. The van der Waals surface area contributed by atoms with Crippen molar-refractivity contribution in [2.24, 2.45) is 0 Å². The zero-order valence-corrected chi connectivity index (χ0v) is 15.2. The van der Waals surface area contributed by atoms with Gasteiger partial charge in [0.15, 0.2) is 11.5 Å². The first-order chi connectivity index (χ1) is 13.8. The number of nitrogens with one attached hydrogen (secondary N) is 2. The number of aromatic amines is 2. The van der Waals surface area contributed by atoms with Crippen LogP contribution in [0.25, 0.3) is 31.7 Å². The third kappa shape index (κ3) is 2.85. The van der Waals surface area contributed by atoms with Gasteiger partial charge < -0.3 is 14.5 Å². The molecule has 1 aliphatic rings. The molecule has 0 amide bonds. The average Bonchev–Trinajstić information content (AvgIpc) is 3.05. The summed E-state index contributed by atoms with van der Waals surface area (Å²) in [6.45, 7) is 0.729. The van der Waals surface area contributed by atoms with Crippen LogP contribution in [0, 0.1) is 0 Å². The molecule has 11 heteroatoms. The van der Waals surface area contributed by atoms with Crippen molar-refractivity contribution < 1.29 is 22.6 Å². The van der Waals surface area contributed by atoms with Crippen molar-refractivity contribution >= 4 is 31.8 Å². The molecule has 0 aliphatic carbocycles. The summed E-state index contributed by atoms with van der Waals surface area (Å²) in [5.41, 5.74) is -2.34. The zero-order valence-electron chi connectivity index (χ0n) is 14.3. The maximum absolute atomic E-state index is 13.8. The van der Waals surface area contributed by atoms with Crippen molar-refractivity contribution in [2.75, 3.05) is 13.2 Å². The minimum Gasteiger partial charge on any atom is -0.486 e. The number of H-pyrrole nitrogens is 2. The number of pyridine rings is 1. The Balaban J connectivity index is 1.83. The summed E-state index contributed by atoms with van der Waals surface area (Å²) in [6.07, 6.45) is -4.72. The van der Waals surface area contributed by atoms with Crippen molar-refractivity contribution in [3.05, 3.63) is 50.7 Å². The van der Waals surface area contributed by atoms with Gasteiger partial charge in [0, 0.05) is 10.9 Å². The highest BCUT2D eigenvalue weighted by atomic mass is 32.1. The highest BCUT2D eigenvalue weighted by Crippen LogP contribution is 2.42. The first-order valence-electron chi connectivity index (χ1n) is 8.38. The molecule has 148 valence electrons. The highest BCUT2D eigenvalue weighted by molar-refractivity contribution is 7.25. The van der Waals surface area contributed by atoms with Gasteiger partial charge in [0.05, 0.1) is 16.8 Å². The largest absolute Gasteiger partial charge is 0.486 e. The number of rotatable bonds is 1. The fraction of sp³-hybridized carbons (Fsp3) is 0.167. The van der Waals surface area contributed by atoms with Gasteiger partial charge in [-0.25, -0.2) is 9.78 Å². The molecule has 1 aliphatic heterocycles. The molecule has 4 heterocycles. The van der Waals surface area contributed by atoms with Crippen molar-refractivity contribution in [1.82, 2.24) is 15.0 Å². The maximum atomic E-state index is 13.8. The van der Waals surface area contributed by atoms with E-state index >= 15 is 0 Å². The Morgan fingerprint density at radius 2 is 1.79 bits per heavy atom. The topological polar surface area (TPSA) is 97.1 Å². The van der Waals surface area contributed by atoms with E-state index in [1.54, 1.807) is 18.2 Å². The van der Waals surface area contributed by atoms with Gasteiger partial charge in [-0.05, 0) is 24.3 Å². The van der Waals surface area contributed by atoms with Gasteiger partial charge in [0.2, 0.25) is 0 Å². The number of aromatic nitrogens is 3. The van der Waals surface area contributed by atoms with Crippen LogP contribution in [0.15, 0.2) is 33.9 Å². The van der Waals surface area contributed by atoms with E-state index in [9.17, 15) is 22.8 Å². The van der Waals surface area contributed by atoms with E-state index in [0.717, 1.165) is 17.4 Å². The lowest BCUT2D eigenvalue weighted by atomic mass is 10.1. The number of fused-ring (bicyclic) bond motifs is 4. The molecule has 0 saturated carbocycles. The Morgan fingerprint density at radius 3 is 2.55 bits per heavy atom. The van der Waals surface area contributed by atoms with Crippen LogP contribution in [-0.2, 0) is 6.18 Å². The number of hydrogen-bond donors (Lipinski definition) is 2. The third-order valence-electron chi connectivity index (χ3n) is 4.48. The number of thiophene rings is 1. The van der Waals surface area contributed by atoms with E-state index in [-0.39, 0.29) is 26.1 Å². The van der Waals surface area contributed by atoms with Crippen molar-refractivity contribution in [3.8, 4) is 22.8 Å². The van der Waals surface area contributed by atoms with Crippen LogP contribution in [0.2, 0.25) is 0 Å². The first kappa shape index (κ1) is 17.7. The lowest BCUT2D eigenvalue weighted by Crippen LogP contribution is -2.20. The molecular formula is C18H10F3N3O4S. The second kappa shape index (κ2) is 6.08. The van der Waals surface area contributed by atoms with Gasteiger partial charge in [-0.3, -0.25) is 9.78 Å². The Morgan fingerprint density at radius 1 is 1.03 bits per heavy atom. The highest BCUT2D eigenvalue weighted by Gasteiger charge is 2.35. The quantitative estimate of drug-likeness (QED) is 0.492. The number of ether oxygens (including phenoxy) is 2. The molecule has 0 unspecified atom stereocenters. The lowest BCUT2D eigenvalue weighted by molar-refractivity contribution is -0.136. The van der Waals surface area contributed by atoms with E-state index in [2.05, 4.69) is 9.97 Å². The minimum atomic E-state index is -4.72. The summed E-state index contributed by atoms with van der Waals surface area (Å²) < 4.78 is 52.4.